The van der Waals surface area contributed by atoms with Crippen LogP contribution in [0.2, 0.25) is 0 Å². The lowest BCUT2D eigenvalue weighted by molar-refractivity contribution is -0.138. The summed E-state index contributed by atoms with van der Waals surface area (Å²) in [5.74, 6) is 0. The molecule has 1 aliphatic heterocycles. The minimum atomic E-state index is -4.40. The molecule has 17 heavy (non-hydrogen) atoms. The van der Waals surface area contributed by atoms with Gasteiger partial charge in [0.2, 0.25) is 0 Å². The molecule has 1 atom stereocenters. The molecule has 0 bridgehead atoms. The van der Waals surface area contributed by atoms with Crippen LogP contribution >= 0.6 is 0 Å². The molecule has 0 amide bonds. The minimum Gasteiger partial charge on any atom is -0.313 e. The lowest BCUT2D eigenvalue weighted by atomic mass is 10.2. The molecule has 1 fully saturated rings. The van der Waals surface area contributed by atoms with Crippen molar-refractivity contribution in [1.29, 1.82) is 0 Å². The molecule has 6 heteroatoms. The van der Waals surface area contributed by atoms with Crippen LogP contribution in [0.15, 0.2) is 23.1 Å². The first-order valence-corrected chi connectivity index (χ1v) is 5.48. The topological polar surface area (TPSA) is 34.0 Å². The number of halogens is 3. The Morgan fingerprint density at radius 3 is 2.76 bits per heavy atom. The van der Waals surface area contributed by atoms with Gasteiger partial charge in [-0.15, -0.1) is 0 Å². The second-order valence-corrected chi connectivity index (χ2v) is 4.20. The zero-order chi connectivity index (χ0) is 12.5. The summed E-state index contributed by atoms with van der Waals surface area (Å²) in [5, 5.41) is 3.15. The molecule has 2 rings (SSSR count). The molecule has 3 nitrogen and oxygen atoms in total. The van der Waals surface area contributed by atoms with Crippen LogP contribution in [0.1, 0.15) is 18.4 Å². The summed E-state index contributed by atoms with van der Waals surface area (Å²) in [6.07, 6.45) is -1.62. The summed E-state index contributed by atoms with van der Waals surface area (Å²) in [6.45, 7) is 1.15. The molecule has 0 radical (unpaired) electrons. The van der Waals surface area contributed by atoms with Crippen molar-refractivity contribution in [2.24, 2.45) is 0 Å². The molecular weight excluding hydrogens is 233 g/mol. The molecule has 1 aromatic rings. The van der Waals surface area contributed by atoms with Gasteiger partial charge in [-0.05, 0) is 25.5 Å². The molecule has 0 saturated carbocycles. The minimum absolute atomic E-state index is 0.0937. The van der Waals surface area contributed by atoms with Crippen molar-refractivity contribution < 1.29 is 13.2 Å². The average molecular weight is 246 g/mol. The van der Waals surface area contributed by atoms with Crippen LogP contribution in [0.5, 0.6) is 0 Å². The molecule has 1 aliphatic rings. The smallest absolute Gasteiger partial charge is 0.313 e. The molecule has 2 heterocycles. The highest BCUT2D eigenvalue weighted by molar-refractivity contribution is 5.13. The van der Waals surface area contributed by atoms with Crippen LogP contribution in [0, 0.1) is 0 Å². The molecule has 1 aromatic heterocycles. The second kappa shape index (κ2) is 4.52. The summed E-state index contributed by atoms with van der Waals surface area (Å²) in [6, 6.07) is 1.88. The maximum Gasteiger partial charge on any atom is 0.417 e. The van der Waals surface area contributed by atoms with Gasteiger partial charge >= 0.3 is 6.18 Å². The predicted molar refractivity (Wildman–Crippen MR) is 56.7 cm³/mol. The lowest BCUT2D eigenvalue weighted by Gasteiger charge is -2.14. The van der Waals surface area contributed by atoms with E-state index >= 15 is 0 Å². The first-order chi connectivity index (χ1) is 7.97. The summed E-state index contributed by atoms with van der Waals surface area (Å²) >= 11 is 0. The number of nitrogens with one attached hydrogen (secondary N) is 1. The number of alkyl halides is 3. The van der Waals surface area contributed by atoms with Gasteiger partial charge in [-0.3, -0.25) is 4.79 Å². The van der Waals surface area contributed by atoms with E-state index in [1.807, 2.05) is 0 Å². The van der Waals surface area contributed by atoms with Gasteiger partial charge in [0.25, 0.3) is 5.56 Å². The molecule has 0 aliphatic carbocycles. The van der Waals surface area contributed by atoms with Crippen molar-refractivity contribution in [2.75, 3.05) is 6.54 Å². The molecule has 1 saturated heterocycles. The fourth-order valence-corrected chi connectivity index (χ4v) is 1.99. The molecule has 0 spiro atoms. The molecule has 1 unspecified atom stereocenters. The Bertz CT molecular complexity index is 447. The fourth-order valence-electron chi connectivity index (χ4n) is 1.99. The van der Waals surface area contributed by atoms with Crippen LogP contribution < -0.4 is 10.9 Å². The van der Waals surface area contributed by atoms with Gasteiger partial charge in [-0.2, -0.15) is 13.2 Å². The Morgan fingerprint density at radius 1 is 1.41 bits per heavy atom. The van der Waals surface area contributed by atoms with Crippen LogP contribution in [-0.2, 0) is 12.7 Å². The highest BCUT2D eigenvalue weighted by atomic mass is 19.4. The van der Waals surface area contributed by atoms with Crippen LogP contribution in [0.25, 0.3) is 0 Å². The van der Waals surface area contributed by atoms with Crippen molar-refractivity contribution >= 4 is 0 Å². The van der Waals surface area contributed by atoms with Crippen molar-refractivity contribution in [3.8, 4) is 0 Å². The van der Waals surface area contributed by atoms with Gasteiger partial charge in [0.05, 0.1) is 5.56 Å². The van der Waals surface area contributed by atoms with E-state index in [9.17, 15) is 18.0 Å². The largest absolute Gasteiger partial charge is 0.417 e. The number of aromatic nitrogens is 1. The number of nitrogens with zero attached hydrogens (tertiary/aromatic N) is 1. The SMILES string of the molecule is O=c1ccc(C(F)(F)F)cn1CC1CCCN1. The van der Waals surface area contributed by atoms with Gasteiger partial charge in [0.15, 0.2) is 0 Å². The Kier molecular flexibility index (Phi) is 3.24. The highest BCUT2D eigenvalue weighted by Crippen LogP contribution is 2.28. The van der Waals surface area contributed by atoms with E-state index in [0.29, 0.717) is 6.54 Å². The van der Waals surface area contributed by atoms with E-state index in [0.717, 1.165) is 42.3 Å². The van der Waals surface area contributed by atoms with E-state index in [-0.39, 0.29) is 6.04 Å². The highest BCUT2D eigenvalue weighted by Gasteiger charge is 2.31. The number of rotatable bonds is 2. The molecule has 94 valence electrons. The predicted octanol–water partition coefficient (Wildman–Crippen LogP) is 1.62. The maximum atomic E-state index is 12.5. The normalized spacial score (nSPS) is 20.8. The summed E-state index contributed by atoms with van der Waals surface area (Å²) in [4.78, 5) is 11.5. The number of hydrogen-bond acceptors (Lipinski definition) is 2. The quantitative estimate of drug-likeness (QED) is 0.860. The zero-order valence-electron chi connectivity index (χ0n) is 9.13. The molecule has 0 aromatic carbocycles. The van der Waals surface area contributed by atoms with Gasteiger partial charge in [0.1, 0.15) is 0 Å². The van der Waals surface area contributed by atoms with E-state index in [1.54, 1.807) is 0 Å². The molecular formula is C11H13F3N2O. The third-order valence-electron chi connectivity index (χ3n) is 2.89. The van der Waals surface area contributed by atoms with Gasteiger partial charge < -0.3 is 9.88 Å². The monoisotopic (exact) mass is 246 g/mol. The molecule has 1 N–H and O–H groups in total. The Balaban J connectivity index is 2.23. The second-order valence-electron chi connectivity index (χ2n) is 4.20. The first-order valence-electron chi connectivity index (χ1n) is 5.48. The summed E-state index contributed by atoms with van der Waals surface area (Å²) in [5.41, 5.74) is -1.18. The third-order valence-corrected chi connectivity index (χ3v) is 2.89. The van der Waals surface area contributed by atoms with Crippen molar-refractivity contribution in [2.45, 2.75) is 31.6 Å². The van der Waals surface area contributed by atoms with Gasteiger partial charge in [0, 0.05) is 24.8 Å². The zero-order valence-corrected chi connectivity index (χ0v) is 9.13. The summed E-state index contributed by atoms with van der Waals surface area (Å²) < 4.78 is 38.6. The van der Waals surface area contributed by atoms with Crippen molar-refractivity contribution in [3.63, 3.8) is 0 Å². The first kappa shape index (κ1) is 12.2. The fraction of sp³-hybridized carbons (Fsp3) is 0.545. The van der Waals surface area contributed by atoms with Gasteiger partial charge in [-0.1, -0.05) is 0 Å². The van der Waals surface area contributed by atoms with E-state index < -0.39 is 17.3 Å². The van der Waals surface area contributed by atoms with Crippen LogP contribution in [0.3, 0.4) is 0 Å². The number of hydrogen-bond donors (Lipinski definition) is 1. The van der Waals surface area contributed by atoms with E-state index in [2.05, 4.69) is 5.32 Å². The average Bonchev–Trinajstić information content (AvgIpc) is 2.72. The van der Waals surface area contributed by atoms with E-state index in [4.69, 9.17) is 0 Å². The lowest BCUT2D eigenvalue weighted by Crippen LogP contribution is -2.32. The maximum absolute atomic E-state index is 12.5. The Hall–Kier alpha value is -1.30. The van der Waals surface area contributed by atoms with E-state index in [1.165, 1.54) is 0 Å². The third kappa shape index (κ3) is 2.88. The Labute approximate surface area is 96.3 Å². The van der Waals surface area contributed by atoms with Crippen LogP contribution in [-0.4, -0.2) is 17.2 Å². The van der Waals surface area contributed by atoms with Crippen LogP contribution in [0.4, 0.5) is 13.2 Å². The standard InChI is InChI=1S/C11H13F3N2O/c12-11(13,14)8-3-4-10(17)16(6-8)7-9-2-1-5-15-9/h3-4,6,9,15H,1-2,5,7H2. The Morgan fingerprint density at radius 2 is 2.18 bits per heavy atom. The van der Waals surface area contributed by atoms with Crippen molar-refractivity contribution in [3.05, 3.63) is 34.2 Å². The van der Waals surface area contributed by atoms with Gasteiger partial charge in [-0.25, -0.2) is 0 Å². The summed E-state index contributed by atoms with van der Waals surface area (Å²) in [7, 11) is 0. The number of pyridine rings is 1. The van der Waals surface area contributed by atoms with Crippen molar-refractivity contribution in [1.82, 2.24) is 9.88 Å².